The second-order valence-electron chi connectivity index (χ2n) is 10.5. The molecule has 40 heavy (non-hydrogen) atoms. The van der Waals surface area contributed by atoms with Gasteiger partial charge in [-0.1, -0.05) is 60.1 Å². The predicted molar refractivity (Wildman–Crippen MR) is 148 cm³/mol. The molecular formula is C30H24ClN5O4. The monoisotopic (exact) mass is 553 g/mol. The highest BCUT2D eigenvalue weighted by Crippen LogP contribution is 2.53. The SMILES string of the molecule is Cc1cccn2c(=O)c3c(nc12)N1CCc2ccccc2[C@H]1[C@@]1(C3)C(=O)NC(=O)N(Cc2ccccc2Cl)C1=O. The van der Waals surface area contributed by atoms with E-state index < -0.39 is 29.3 Å². The molecule has 0 radical (unpaired) electrons. The lowest BCUT2D eigenvalue weighted by atomic mass is 9.65. The fourth-order valence-corrected chi connectivity index (χ4v) is 6.66. The van der Waals surface area contributed by atoms with Crippen LogP contribution in [-0.2, 0) is 29.0 Å². The second kappa shape index (κ2) is 8.76. The molecule has 0 unspecified atom stereocenters. The van der Waals surface area contributed by atoms with Gasteiger partial charge in [0.2, 0.25) is 11.8 Å². The van der Waals surface area contributed by atoms with Gasteiger partial charge < -0.3 is 4.90 Å². The first kappa shape index (κ1) is 24.5. The summed E-state index contributed by atoms with van der Waals surface area (Å²) in [5.41, 5.74) is 1.89. The number of carbonyl (C=O) groups excluding carboxylic acids is 3. The molecule has 2 aromatic heterocycles. The molecule has 10 heteroatoms. The van der Waals surface area contributed by atoms with E-state index in [1.807, 2.05) is 42.2 Å². The molecule has 3 aliphatic heterocycles. The molecule has 4 aromatic rings. The van der Waals surface area contributed by atoms with Gasteiger partial charge in [-0.3, -0.25) is 29.0 Å². The summed E-state index contributed by atoms with van der Waals surface area (Å²) < 4.78 is 1.46. The minimum atomic E-state index is -1.78. The second-order valence-corrected chi connectivity index (χ2v) is 10.9. The summed E-state index contributed by atoms with van der Waals surface area (Å²) >= 11 is 6.38. The lowest BCUT2D eigenvalue weighted by molar-refractivity contribution is -0.154. The van der Waals surface area contributed by atoms with Crippen molar-refractivity contribution < 1.29 is 14.4 Å². The number of benzene rings is 2. The summed E-state index contributed by atoms with van der Waals surface area (Å²) in [6.45, 7) is 2.22. The predicted octanol–water partition coefficient (Wildman–Crippen LogP) is 3.58. The lowest BCUT2D eigenvalue weighted by Gasteiger charge is -2.53. The van der Waals surface area contributed by atoms with Gasteiger partial charge in [0.1, 0.15) is 11.5 Å². The zero-order chi connectivity index (χ0) is 27.8. The van der Waals surface area contributed by atoms with E-state index in [0.29, 0.717) is 35.0 Å². The molecular weight excluding hydrogens is 530 g/mol. The average Bonchev–Trinajstić information content (AvgIpc) is 2.95. The van der Waals surface area contributed by atoms with Crippen LogP contribution in [0.25, 0.3) is 5.65 Å². The van der Waals surface area contributed by atoms with Crippen molar-refractivity contribution in [2.45, 2.75) is 32.4 Å². The van der Waals surface area contributed by atoms with Gasteiger partial charge in [0.15, 0.2) is 5.41 Å². The number of barbiturate groups is 1. The molecule has 9 nitrogen and oxygen atoms in total. The van der Waals surface area contributed by atoms with Crippen LogP contribution in [0.3, 0.4) is 0 Å². The Balaban J connectivity index is 1.48. The number of carbonyl (C=O) groups is 3. The molecule has 1 spiro atoms. The van der Waals surface area contributed by atoms with Crippen molar-refractivity contribution in [3.8, 4) is 0 Å². The molecule has 0 bridgehead atoms. The van der Waals surface area contributed by atoms with Crippen LogP contribution < -0.4 is 15.8 Å². The third-order valence-electron chi connectivity index (χ3n) is 8.38. The van der Waals surface area contributed by atoms with Crippen molar-refractivity contribution in [2.75, 3.05) is 11.4 Å². The van der Waals surface area contributed by atoms with E-state index in [9.17, 15) is 19.2 Å². The van der Waals surface area contributed by atoms with Gasteiger partial charge in [0.25, 0.3) is 5.56 Å². The number of hydrogen-bond donors (Lipinski definition) is 1. The van der Waals surface area contributed by atoms with Crippen molar-refractivity contribution in [1.29, 1.82) is 0 Å². The van der Waals surface area contributed by atoms with Crippen LogP contribution in [0.15, 0.2) is 71.7 Å². The van der Waals surface area contributed by atoms with E-state index in [-0.39, 0.29) is 24.1 Å². The lowest BCUT2D eigenvalue weighted by Crippen LogP contribution is -2.70. The van der Waals surface area contributed by atoms with Crippen LogP contribution in [0.1, 0.15) is 33.9 Å². The molecule has 2 aromatic carbocycles. The maximum atomic E-state index is 14.6. The first-order chi connectivity index (χ1) is 19.3. The van der Waals surface area contributed by atoms with Gasteiger partial charge in [0, 0.05) is 24.2 Å². The number of pyridine rings is 1. The van der Waals surface area contributed by atoms with Crippen LogP contribution in [-0.4, -0.2) is 38.7 Å². The molecule has 0 saturated carbocycles. The first-order valence-corrected chi connectivity index (χ1v) is 13.4. The Hall–Kier alpha value is -4.50. The molecule has 2 atom stereocenters. The summed E-state index contributed by atoms with van der Waals surface area (Å²) in [6.07, 6.45) is 2.09. The highest BCUT2D eigenvalue weighted by atomic mass is 35.5. The van der Waals surface area contributed by atoms with Crippen LogP contribution in [0.5, 0.6) is 0 Å². The fourth-order valence-electron chi connectivity index (χ4n) is 6.46. The van der Waals surface area contributed by atoms with Crippen molar-refractivity contribution >= 4 is 40.9 Å². The van der Waals surface area contributed by atoms with Crippen molar-refractivity contribution in [1.82, 2.24) is 19.6 Å². The number of nitrogens with one attached hydrogen (secondary N) is 1. The number of fused-ring (bicyclic) bond motifs is 7. The zero-order valence-corrected chi connectivity index (χ0v) is 22.3. The van der Waals surface area contributed by atoms with E-state index in [2.05, 4.69) is 5.32 Å². The topological polar surface area (TPSA) is 104 Å². The minimum Gasteiger partial charge on any atom is -0.347 e. The van der Waals surface area contributed by atoms with Gasteiger partial charge in [-0.2, -0.15) is 0 Å². The first-order valence-electron chi connectivity index (χ1n) is 13.1. The van der Waals surface area contributed by atoms with Crippen LogP contribution >= 0.6 is 11.6 Å². The van der Waals surface area contributed by atoms with Crippen molar-refractivity contribution in [3.05, 3.63) is 110 Å². The van der Waals surface area contributed by atoms with Gasteiger partial charge in [-0.15, -0.1) is 0 Å². The Morgan fingerprint density at radius 2 is 1.80 bits per heavy atom. The number of urea groups is 1. The summed E-state index contributed by atoms with van der Waals surface area (Å²) in [5.74, 6) is -0.907. The Bertz CT molecular complexity index is 1830. The van der Waals surface area contributed by atoms with Gasteiger partial charge in [0.05, 0.1) is 18.2 Å². The number of halogens is 1. The van der Waals surface area contributed by atoms with E-state index in [4.69, 9.17) is 16.6 Å². The Morgan fingerprint density at radius 1 is 1.02 bits per heavy atom. The third kappa shape index (κ3) is 3.30. The van der Waals surface area contributed by atoms with E-state index >= 15 is 0 Å². The molecule has 1 saturated heterocycles. The average molecular weight is 554 g/mol. The van der Waals surface area contributed by atoms with Crippen LogP contribution in [0.2, 0.25) is 5.02 Å². The number of nitrogens with zero attached hydrogens (tertiary/aromatic N) is 4. The summed E-state index contributed by atoms with van der Waals surface area (Å²) in [6, 6.07) is 16.7. The highest BCUT2D eigenvalue weighted by molar-refractivity contribution is 6.31. The van der Waals surface area contributed by atoms with E-state index in [1.54, 1.807) is 36.5 Å². The molecule has 7 rings (SSSR count). The molecule has 1 fully saturated rings. The summed E-state index contributed by atoms with van der Waals surface area (Å²) in [4.78, 5) is 63.5. The summed E-state index contributed by atoms with van der Waals surface area (Å²) in [7, 11) is 0. The van der Waals surface area contributed by atoms with E-state index in [1.165, 1.54) is 4.40 Å². The quantitative estimate of drug-likeness (QED) is 0.381. The molecule has 200 valence electrons. The number of amides is 4. The van der Waals surface area contributed by atoms with Gasteiger partial charge in [-0.25, -0.2) is 9.78 Å². The number of anilines is 1. The third-order valence-corrected chi connectivity index (χ3v) is 8.75. The largest absolute Gasteiger partial charge is 0.347 e. The van der Waals surface area contributed by atoms with Gasteiger partial charge in [-0.05, 0) is 47.7 Å². The van der Waals surface area contributed by atoms with Crippen LogP contribution in [0.4, 0.5) is 10.6 Å². The van der Waals surface area contributed by atoms with Crippen molar-refractivity contribution in [2.24, 2.45) is 5.41 Å². The number of aromatic nitrogens is 2. The highest BCUT2D eigenvalue weighted by Gasteiger charge is 2.64. The smallest absolute Gasteiger partial charge is 0.331 e. The molecule has 1 N–H and O–H groups in total. The Morgan fingerprint density at radius 3 is 2.62 bits per heavy atom. The maximum Gasteiger partial charge on any atom is 0.331 e. The Labute approximate surface area is 234 Å². The number of rotatable bonds is 2. The van der Waals surface area contributed by atoms with Crippen molar-refractivity contribution in [3.63, 3.8) is 0 Å². The Kier molecular flexibility index (Phi) is 5.37. The fraction of sp³-hybridized carbons (Fsp3) is 0.233. The van der Waals surface area contributed by atoms with Crippen LogP contribution in [0, 0.1) is 12.3 Å². The normalized spacial score (nSPS) is 21.8. The number of imide groups is 2. The maximum absolute atomic E-state index is 14.6. The number of aryl methyl sites for hydroxylation is 1. The molecule has 3 aliphatic rings. The molecule has 0 aliphatic carbocycles. The minimum absolute atomic E-state index is 0.116. The molecule has 4 amide bonds. The number of hydrogen-bond acceptors (Lipinski definition) is 6. The summed E-state index contributed by atoms with van der Waals surface area (Å²) in [5, 5.41) is 2.85. The van der Waals surface area contributed by atoms with E-state index in [0.717, 1.165) is 21.6 Å². The van der Waals surface area contributed by atoms with Gasteiger partial charge >= 0.3 is 6.03 Å². The molecule has 5 heterocycles. The standard InChI is InChI=1S/C30H24ClN5O4/c1-17-7-6-13-35-24(17)32-25-21(26(35)37)15-30(23-20-10-4-2-8-18(20)12-14-34(23)25)27(38)33-29(40)36(28(30)39)16-19-9-3-5-11-22(19)31/h2-11,13,23H,12,14-16H2,1H3,(H,33,38,40)/t23-,30-/m0/s1. The zero-order valence-electron chi connectivity index (χ0n) is 21.6.